The Morgan fingerprint density at radius 1 is 1.14 bits per heavy atom. The Hall–Kier alpha value is -2.65. The third-order valence-corrected chi connectivity index (χ3v) is 7.80. The Morgan fingerprint density at radius 3 is 2.38 bits per heavy atom. The van der Waals surface area contributed by atoms with Crippen molar-refractivity contribution in [3.05, 3.63) is 64.2 Å². The first kappa shape index (κ1) is 27.4. The first-order valence-electron chi connectivity index (χ1n) is 12.9. The topological polar surface area (TPSA) is 88.2 Å². The molecule has 0 saturated carbocycles. The number of piperidine rings is 1. The van der Waals surface area contributed by atoms with Gasteiger partial charge in [-0.25, -0.2) is 0 Å². The number of aliphatic hydroxyl groups is 1. The van der Waals surface area contributed by atoms with E-state index in [1.54, 1.807) is 38.1 Å². The zero-order valence-electron chi connectivity index (χ0n) is 22.1. The van der Waals surface area contributed by atoms with E-state index in [0.29, 0.717) is 47.9 Å². The lowest BCUT2D eigenvalue weighted by molar-refractivity contribution is -0.152. The van der Waals surface area contributed by atoms with Gasteiger partial charge < -0.3 is 25.5 Å². The minimum Gasteiger partial charge on any atom is -0.379 e. The van der Waals surface area contributed by atoms with Gasteiger partial charge in [-0.2, -0.15) is 0 Å². The Morgan fingerprint density at radius 2 is 1.78 bits per heavy atom. The molecule has 1 unspecified atom stereocenters. The molecule has 0 bridgehead atoms. The number of carbonyl (C=O) groups excluding carboxylic acids is 2. The van der Waals surface area contributed by atoms with Crippen LogP contribution in [-0.4, -0.2) is 91.0 Å². The smallest absolute Gasteiger partial charge is 0.258 e. The van der Waals surface area contributed by atoms with Crippen LogP contribution in [0.2, 0.25) is 5.02 Å². The number of benzene rings is 2. The highest BCUT2D eigenvalue weighted by Crippen LogP contribution is 2.31. The van der Waals surface area contributed by atoms with E-state index in [1.165, 1.54) is 4.90 Å². The second-order valence-corrected chi connectivity index (χ2v) is 10.9. The van der Waals surface area contributed by atoms with Crippen molar-refractivity contribution in [3.8, 4) is 0 Å². The van der Waals surface area contributed by atoms with Crippen molar-refractivity contribution < 1.29 is 14.7 Å². The molecule has 0 aliphatic carbocycles. The summed E-state index contributed by atoms with van der Waals surface area (Å²) in [5, 5.41) is 18.2. The molecule has 8 nitrogen and oxygen atoms in total. The van der Waals surface area contributed by atoms with Gasteiger partial charge in [-0.15, -0.1) is 0 Å². The number of hydrogen-bond donors (Lipinski definition) is 3. The molecule has 1 atom stereocenters. The predicted molar refractivity (Wildman–Crippen MR) is 147 cm³/mol. The summed E-state index contributed by atoms with van der Waals surface area (Å²) in [5.74, 6) is -0.343. The van der Waals surface area contributed by atoms with Gasteiger partial charge in [-0.05, 0) is 50.1 Å². The molecule has 2 aromatic rings. The van der Waals surface area contributed by atoms with Crippen LogP contribution in [0.3, 0.4) is 0 Å². The minimum atomic E-state index is -1.51. The molecule has 2 saturated heterocycles. The van der Waals surface area contributed by atoms with Crippen LogP contribution in [0, 0.1) is 0 Å². The van der Waals surface area contributed by atoms with Crippen LogP contribution in [0.4, 0.5) is 5.69 Å². The van der Waals surface area contributed by atoms with E-state index in [9.17, 15) is 14.7 Å². The van der Waals surface area contributed by atoms with Crippen LogP contribution in [0.1, 0.15) is 41.3 Å². The first-order valence-corrected chi connectivity index (χ1v) is 13.3. The average Bonchev–Trinajstić information content (AvgIpc) is 2.87. The average molecular weight is 528 g/mol. The third kappa shape index (κ3) is 5.93. The van der Waals surface area contributed by atoms with Gasteiger partial charge >= 0.3 is 0 Å². The molecular weight excluding hydrogens is 490 g/mol. The number of rotatable bonds is 8. The Bertz CT molecular complexity index is 1110. The molecule has 2 aliphatic heterocycles. The highest BCUT2D eigenvalue weighted by Gasteiger charge is 2.40. The Labute approximate surface area is 224 Å². The molecule has 3 N–H and O–H groups in total. The van der Waals surface area contributed by atoms with Crippen molar-refractivity contribution in [1.82, 2.24) is 20.0 Å². The number of anilines is 1. The van der Waals surface area contributed by atoms with E-state index in [2.05, 4.69) is 15.5 Å². The van der Waals surface area contributed by atoms with E-state index < -0.39 is 5.60 Å². The number of amides is 2. The van der Waals surface area contributed by atoms with Crippen LogP contribution in [0.5, 0.6) is 0 Å². The molecule has 0 spiro atoms. The second-order valence-electron chi connectivity index (χ2n) is 10.5. The number of nitrogens with one attached hydrogen (secondary N) is 2. The van der Waals surface area contributed by atoms with E-state index in [-0.39, 0.29) is 11.8 Å². The number of halogens is 1. The fraction of sp³-hybridized carbons (Fsp3) is 0.500. The van der Waals surface area contributed by atoms with E-state index in [0.717, 1.165) is 37.2 Å². The summed E-state index contributed by atoms with van der Waals surface area (Å²) in [6, 6.07) is 13.6. The van der Waals surface area contributed by atoms with Crippen LogP contribution in [-0.2, 0) is 16.9 Å². The van der Waals surface area contributed by atoms with E-state index in [4.69, 9.17) is 11.6 Å². The minimum absolute atomic E-state index is 0.112. The number of carbonyl (C=O) groups is 2. The molecule has 0 radical (unpaired) electrons. The lowest BCUT2D eigenvalue weighted by Gasteiger charge is -2.48. The molecule has 2 aliphatic rings. The van der Waals surface area contributed by atoms with Gasteiger partial charge in [0, 0.05) is 58.5 Å². The lowest BCUT2D eigenvalue weighted by Crippen LogP contribution is -2.61. The monoisotopic (exact) mass is 527 g/mol. The summed E-state index contributed by atoms with van der Waals surface area (Å²) < 4.78 is 0. The van der Waals surface area contributed by atoms with Crippen LogP contribution >= 0.6 is 11.6 Å². The summed E-state index contributed by atoms with van der Waals surface area (Å²) in [6.45, 7) is 5.32. The first-order chi connectivity index (χ1) is 17.6. The number of likely N-dealkylation sites (tertiary alicyclic amines) is 2. The maximum Gasteiger partial charge on any atom is 0.258 e. The fourth-order valence-corrected chi connectivity index (χ4v) is 5.49. The van der Waals surface area contributed by atoms with Gasteiger partial charge in [0.1, 0.15) is 0 Å². The largest absolute Gasteiger partial charge is 0.379 e. The zero-order chi connectivity index (χ0) is 26.7. The fourth-order valence-electron chi connectivity index (χ4n) is 5.24. The maximum absolute atomic E-state index is 13.1. The van der Waals surface area contributed by atoms with Gasteiger partial charge in [-0.1, -0.05) is 41.9 Å². The van der Waals surface area contributed by atoms with E-state index >= 15 is 0 Å². The quantitative estimate of drug-likeness (QED) is 0.489. The summed E-state index contributed by atoms with van der Waals surface area (Å²) >= 11 is 6.48. The molecule has 2 amide bonds. The molecule has 2 heterocycles. The molecule has 200 valence electrons. The molecule has 9 heteroatoms. The van der Waals surface area contributed by atoms with Gasteiger partial charge in [-0.3, -0.25) is 14.5 Å². The van der Waals surface area contributed by atoms with Crippen molar-refractivity contribution >= 4 is 29.1 Å². The standard InChI is InChI=1S/C28H38ClN5O3/c1-28(37,20-8-6-5-7-9-20)27(36)33-12-10-22(11-13-33)34-17-21(18-34)31-25-15-24(29)23(26(35)32(3)4)14-19(25)16-30-2/h5-9,14-15,21-22,30-31,37H,10-13,16-18H2,1-4H3. The van der Waals surface area contributed by atoms with Crippen LogP contribution in [0.25, 0.3) is 0 Å². The van der Waals surface area contributed by atoms with Gasteiger partial charge in [0.15, 0.2) is 5.60 Å². The molecule has 0 aromatic heterocycles. The number of nitrogens with zero attached hydrogens (tertiary/aromatic N) is 3. The van der Waals surface area contributed by atoms with Crippen LogP contribution in [0.15, 0.2) is 42.5 Å². The van der Waals surface area contributed by atoms with Gasteiger partial charge in [0.2, 0.25) is 0 Å². The SMILES string of the molecule is CNCc1cc(C(=O)N(C)C)c(Cl)cc1NC1CN(C2CCN(C(=O)C(C)(O)c3ccccc3)CC2)C1. The summed E-state index contributed by atoms with van der Waals surface area (Å²) in [6.07, 6.45) is 1.78. The summed E-state index contributed by atoms with van der Waals surface area (Å²) in [7, 11) is 5.32. The molecule has 2 fully saturated rings. The van der Waals surface area contributed by atoms with Crippen molar-refractivity contribution in [1.29, 1.82) is 0 Å². The van der Waals surface area contributed by atoms with Crippen molar-refractivity contribution in [2.45, 2.75) is 44.0 Å². The zero-order valence-corrected chi connectivity index (χ0v) is 22.9. The van der Waals surface area contributed by atoms with Crippen LogP contribution < -0.4 is 10.6 Å². The highest BCUT2D eigenvalue weighted by molar-refractivity contribution is 6.34. The van der Waals surface area contributed by atoms with Gasteiger partial charge in [0.05, 0.1) is 16.6 Å². The Balaban J connectivity index is 1.31. The predicted octanol–water partition coefficient (Wildman–Crippen LogP) is 2.76. The van der Waals surface area contributed by atoms with Gasteiger partial charge in [0.25, 0.3) is 11.8 Å². The highest BCUT2D eigenvalue weighted by atomic mass is 35.5. The third-order valence-electron chi connectivity index (χ3n) is 7.49. The molecule has 2 aromatic carbocycles. The van der Waals surface area contributed by atoms with E-state index in [1.807, 2.05) is 37.4 Å². The Kier molecular flexibility index (Phi) is 8.43. The molecular formula is C28H38ClN5O3. The van der Waals surface area contributed by atoms with Crippen molar-refractivity contribution in [2.75, 3.05) is 52.6 Å². The summed E-state index contributed by atoms with van der Waals surface area (Å²) in [4.78, 5) is 31.3. The van der Waals surface area contributed by atoms with Crippen molar-refractivity contribution in [3.63, 3.8) is 0 Å². The molecule has 37 heavy (non-hydrogen) atoms. The van der Waals surface area contributed by atoms with Crippen molar-refractivity contribution in [2.24, 2.45) is 0 Å². The maximum atomic E-state index is 13.1. The normalized spacial score (nSPS) is 18.7. The molecule has 4 rings (SSSR count). The second kappa shape index (κ2) is 11.4. The summed E-state index contributed by atoms with van der Waals surface area (Å²) in [5.41, 5.74) is 1.57. The number of hydrogen-bond acceptors (Lipinski definition) is 6. The lowest BCUT2D eigenvalue weighted by atomic mass is 9.92.